The molecule has 0 radical (unpaired) electrons. The SMILES string of the molecule is CN1C(=O)C[C@@H](C(=O)O)c2cc(F)ccc21. The maximum atomic E-state index is 13.1. The van der Waals surface area contributed by atoms with Crippen LogP contribution < -0.4 is 4.90 Å². The number of rotatable bonds is 1. The summed E-state index contributed by atoms with van der Waals surface area (Å²) in [6.45, 7) is 0. The van der Waals surface area contributed by atoms with Gasteiger partial charge in [0.05, 0.1) is 5.92 Å². The van der Waals surface area contributed by atoms with Gasteiger partial charge in [-0.25, -0.2) is 4.39 Å². The van der Waals surface area contributed by atoms with E-state index in [-0.39, 0.29) is 12.3 Å². The Balaban J connectivity index is 2.58. The third-order valence-corrected chi connectivity index (χ3v) is 2.78. The molecule has 0 aromatic heterocycles. The number of benzene rings is 1. The van der Waals surface area contributed by atoms with Crippen molar-refractivity contribution in [1.82, 2.24) is 0 Å². The van der Waals surface area contributed by atoms with Gasteiger partial charge in [0.15, 0.2) is 0 Å². The average molecular weight is 223 g/mol. The number of carbonyl (C=O) groups is 2. The van der Waals surface area contributed by atoms with E-state index in [2.05, 4.69) is 0 Å². The minimum atomic E-state index is -1.10. The molecule has 1 atom stereocenters. The van der Waals surface area contributed by atoms with Crippen molar-refractivity contribution in [2.24, 2.45) is 0 Å². The van der Waals surface area contributed by atoms with E-state index < -0.39 is 17.7 Å². The molecule has 0 bridgehead atoms. The zero-order valence-corrected chi connectivity index (χ0v) is 8.61. The Morgan fingerprint density at radius 1 is 1.56 bits per heavy atom. The van der Waals surface area contributed by atoms with Gasteiger partial charge in [-0.05, 0) is 23.8 Å². The van der Waals surface area contributed by atoms with Crippen molar-refractivity contribution in [3.05, 3.63) is 29.6 Å². The number of carboxylic acids is 1. The molecule has 0 saturated carbocycles. The molecule has 1 aliphatic heterocycles. The smallest absolute Gasteiger partial charge is 0.311 e. The minimum absolute atomic E-state index is 0.123. The Morgan fingerprint density at radius 3 is 2.88 bits per heavy atom. The van der Waals surface area contributed by atoms with E-state index in [1.54, 1.807) is 7.05 Å². The van der Waals surface area contributed by atoms with Gasteiger partial charge in [-0.3, -0.25) is 9.59 Å². The summed E-state index contributed by atoms with van der Waals surface area (Å²) in [6.07, 6.45) is -0.123. The van der Waals surface area contributed by atoms with Crippen LogP contribution in [-0.4, -0.2) is 24.0 Å². The van der Waals surface area contributed by atoms with E-state index in [0.29, 0.717) is 11.3 Å². The third kappa shape index (κ3) is 1.54. The lowest BCUT2D eigenvalue weighted by Crippen LogP contribution is -2.35. The molecule has 0 fully saturated rings. The molecule has 1 aliphatic rings. The van der Waals surface area contributed by atoms with Crippen LogP contribution in [0.25, 0.3) is 0 Å². The van der Waals surface area contributed by atoms with E-state index in [1.807, 2.05) is 0 Å². The quantitative estimate of drug-likeness (QED) is 0.782. The number of amides is 1. The lowest BCUT2D eigenvalue weighted by molar-refractivity contribution is -0.140. The predicted molar refractivity (Wildman–Crippen MR) is 54.8 cm³/mol. The van der Waals surface area contributed by atoms with Gasteiger partial charge >= 0.3 is 5.97 Å². The van der Waals surface area contributed by atoms with E-state index in [9.17, 15) is 14.0 Å². The van der Waals surface area contributed by atoms with Crippen LogP contribution in [0.4, 0.5) is 10.1 Å². The normalized spacial score (nSPS) is 19.5. The van der Waals surface area contributed by atoms with Gasteiger partial charge in [0.1, 0.15) is 5.82 Å². The maximum Gasteiger partial charge on any atom is 0.311 e. The van der Waals surface area contributed by atoms with Gasteiger partial charge in [0, 0.05) is 19.2 Å². The van der Waals surface area contributed by atoms with Crippen LogP contribution in [-0.2, 0) is 9.59 Å². The number of hydrogen-bond donors (Lipinski definition) is 1. The number of fused-ring (bicyclic) bond motifs is 1. The number of halogens is 1. The first-order valence-electron chi connectivity index (χ1n) is 4.79. The molecule has 0 unspecified atom stereocenters. The molecular weight excluding hydrogens is 213 g/mol. The average Bonchev–Trinajstić information content (AvgIpc) is 2.22. The second-order valence-corrected chi connectivity index (χ2v) is 3.75. The number of aliphatic carboxylic acids is 1. The Bertz CT molecular complexity index is 472. The fourth-order valence-electron chi connectivity index (χ4n) is 1.89. The van der Waals surface area contributed by atoms with E-state index in [0.717, 1.165) is 0 Å². The number of anilines is 1. The van der Waals surface area contributed by atoms with E-state index in [1.165, 1.54) is 23.1 Å². The molecule has 16 heavy (non-hydrogen) atoms. The molecule has 0 aliphatic carbocycles. The molecule has 1 heterocycles. The summed E-state index contributed by atoms with van der Waals surface area (Å²) in [6, 6.07) is 3.82. The zero-order valence-electron chi connectivity index (χ0n) is 8.61. The first-order valence-corrected chi connectivity index (χ1v) is 4.79. The molecule has 1 amide bonds. The molecular formula is C11H10FNO3. The van der Waals surface area contributed by atoms with Gasteiger partial charge in [-0.1, -0.05) is 0 Å². The molecule has 4 nitrogen and oxygen atoms in total. The van der Waals surface area contributed by atoms with Crippen LogP contribution in [0, 0.1) is 5.82 Å². The van der Waals surface area contributed by atoms with Crippen LogP contribution in [0.1, 0.15) is 17.9 Å². The summed E-state index contributed by atoms with van der Waals surface area (Å²) in [5.41, 5.74) is 0.819. The Labute approximate surface area is 91.3 Å². The molecule has 0 spiro atoms. The Kier molecular flexibility index (Phi) is 2.38. The van der Waals surface area contributed by atoms with Crippen molar-refractivity contribution in [3.8, 4) is 0 Å². The van der Waals surface area contributed by atoms with Gasteiger partial charge in [0.25, 0.3) is 0 Å². The molecule has 5 heteroatoms. The van der Waals surface area contributed by atoms with Crippen LogP contribution in [0.5, 0.6) is 0 Å². The largest absolute Gasteiger partial charge is 0.481 e. The third-order valence-electron chi connectivity index (χ3n) is 2.78. The highest BCUT2D eigenvalue weighted by Crippen LogP contribution is 2.35. The predicted octanol–water partition coefficient (Wildman–Crippen LogP) is 1.36. The summed E-state index contributed by atoms with van der Waals surface area (Å²) >= 11 is 0. The minimum Gasteiger partial charge on any atom is -0.481 e. The van der Waals surface area contributed by atoms with Crippen molar-refractivity contribution in [1.29, 1.82) is 0 Å². The van der Waals surface area contributed by atoms with Gasteiger partial charge in [0.2, 0.25) is 5.91 Å². The van der Waals surface area contributed by atoms with E-state index in [4.69, 9.17) is 5.11 Å². The number of carbonyl (C=O) groups excluding carboxylic acids is 1. The van der Waals surface area contributed by atoms with Gasteiger partial charge in [-0.15, -0.1) is 0 Å². The number of nitrogens with zero attached hydrogens (tertiary/aromatic N) is 1. The van der Waals surface area contributed by atoms with Crippen molar-refractivity contribution < 1.29 is 19.1 Å². The first-order chi connectivity index (χ1) is 7.50. The van der Waals surface area contributed by atoms with Gasteiger partial charge < -0.3 is 10.0 Å². The van der Waals surface area contributed by atoms with Crippen LogP contribution >= 0.6 is 0 Å². The summed E-state index contributed by atoms with van der Waals surface area (Å²) in [5.74, 6) is -2.82. The fourth-order valence-corrected chi connectivity index (χ4v) is 1.89. The highest BCUT2D eigenvalue weighted by molar-refractivity contribution is 6.01. The lowest BCUT2D eigenvalue weighted by atomic mass is 9.90. The lowest BCUT2D eigenvalue weighted by Gasteiger charge is -2.29. The second kappa shape index (κ2) is 3.59. The summed E-state index contributed by atoms with van der Waals surface area (Å²) in [7, 11) is 1.55. The van der Waals surface area contributed by atoms with E-state index >= 15 is 0 Å². The molecule has 1 N–H and O–H groups in total. The monoisotopic (exact) mass is 223 g/mol. The topological polar surface area (TPSA) is 57.6 Å². The molecule has 2 rings (SSSR count). The van der Waals surface area contributed by atoms with Gasteiger partial charge in [-0.2, -0.15) is 0 Å². The summed E-state index contributed by atoms with van der Waals surface area (Å²) in [4.78, 5) is 23.9. The number of hydrogen-bond acceptors (Lipinski definition) is 2. The standard InChI is InChI=1S/C11H10FNO3/c1-13-9-3-2-6(12)4-7(9)8(11(15)16)5-10(13)14/h2-4,8H,5H2,1H3,(H,15,16)/t8-/m1/s1. The van der Waals surface area contributed by atoms with Crippen LogP contribution in [0.2, 0.25) is 0 Å². The summed E-state index contributed by atoms with van der Waals surface area (Å²) < 4.78 is 13.1. The van der Waals surface area contributed by atoms with Crippen molar-refractivity contribution in [3.63, 3.8) is 0 Å². The van der Waals surface area contributed by atoms with Crippen molar-refractivity contribution in [2.45, 2.75) is 12.3 Å². The second-order valence-electron chi connectivity index (χ2n) is 3.75. The Morgan fingerprint density at radius 2 is 2.25 bits per heavy atom. The fraction of sp³-hybridized carbons (Fsp3) is 0.273. The zero-order chi connectivity index (χ0) is 11.9. The van der Waals surface area contributed by atoms with Crippen molar-refractivity contribution >= 4 is 17.6 Å². The molecule has 1 aromatic carbocycles. The number of carboxylic acid groups (broad SMARTS) is 1. The first kappa shape index (κ1) is 10.6. The maximum absolute atomic E-state index is 13.1. The molecule has 84 valence electrons. The molecule has 0 saturated heterocycles. The molecule has 1 aromatic rings. The van der Waals surface area contributed by atoms with Crippen molar-refractivity contribution in [2.75, 3.05) is 11.9 Å². The van der Waals surface area contributed by atoms with Crippen LogP contribution in [0.15, 0.2) is 18.2 Å². The summed E-state index contributed by atoms with van der Waals surface area (Å²) in [5, 5.41) is 8.99. The highest BCUT2D eigenvalue weighted by atomic mass is 19.1. The highest BCUT2D eigenvalue weighted by Gasteiger charge is 2.33. The van der Waals surface area contributed by atoms with Crippen LogP contribution in [0.3, 0.4) is 0 Å². The Hall–Kier alpha value is -1.91.